The Morgan fingerprint density at radius 1 is 1.34 bits per heavy atom. The Hall–Kier alpha value is -2.67. The number of carbonyl (C=O) groups excluding carboxylic acids is 3. The van der Waals surface area contributed by atoms with Crippen LogP contribution in [-0.2, 0) is 28.6 Å². The second-order valence-electron chi connectivity index (χ2n) is 7.70. The lowest BCUT2D eigenvalue weighted by Crippen LogP contribution is -2.40. The first-order chi connectivity index (χ1) is 13.4. The Bertz CT molecular complexity index is 800. The van der Waals surface area contributed by atoms with Crippen LogP contribution in [-0.4, -0.2) is 46.9 Å². The van der Waals surface area contributed by atoms with Gasteiger partial charge in [-0.25, -0.2) is 9.59 Å². The normalized spacial score (nSPS) is 33.9. The van der Waals surface area contributed by atoms with Gasteiger partial charge >= 0.3 is 17.9 Å². The molecule has 1 heterocycles. The van der Waals surface area contributed by atoms with Crippen molar-refractivity contribution < 1.29 is 33.7 Å². The minimum atomic E-state index is -1.40. The molecule has 0 bridgehead atoms. The molecule has 1 aliphatic heterocycles. The lowest BCUT2D eigenvalue weighted by Gasteiger charge is -2.32. The molecular formula is C22H28O7. The fraction of sp³-hybridized carbons (Fsp3) is 0.500. The molecular weight excluding hydrogens is 376 g/mol. The van der Waals surface area contributed by atoms with Crippen LogP contribution < -0.4 is 0 Å². The van der Waals surface area contributed by atoms with E-state index in [-0.39, 0.29) is 12.0 Å². The Labute approximate surface area is 170 Å². The van der Waals surface area contributed by atoms with Gasteiger partial charge in [-0.2, -0.15) is 0 Å². The van der Waals surface area contributed by atoms with E-state index in [0.29, 0.717) is 11.1 Å². The van der Waals surface area contributed by atoms with Crippen molar-refractivity contribution in [3.63, 3.8) is 0 Å². The molecule has 2 rings (SSSR count). The summed E-state index contributed by atoms with van der Waals surface area (Å²) in [6.07, 6.45) is 4.02. The molecule has 1 N–H and O–H groups in total. The maximum atomic E-state index is 12.4. The van der Waals surface area contributed by atoms with Crippen LogP contribution in [0.4, 0.5) is 0 Å². The summed E-state index contributed by atoms with van der Waals surface area (Å²) < 4.78 is 16.4. The van der Waals surface area contributed by atoms with Gasteiger partial charge in [-0.3, -0.25) is 4.79 Å². The van der Waals surface area contributed by atoms with Gasteiger partial charge in [0.25, 0.3) is 0 Å². The van der Waals surface area contributed by atoms with E-state index in [4.69, 9.17) is 14.2 Å². The summed E-state index contributed by atoms with van der Waals surface area (Å²) in [5.41, 5.74) is -0.214. The summed E-state index contributed by atoms with van der Waals surface area (Å²) in [6.45, 7) is 11.7. The van der Waals surface area contributed by atoms with Crippen molar-refractivity contribution in [1.82, 2.24) is 0 Å². The minimum absolute atomic E-state index is 0.00272. The van der Waals surface area contributed by atoms with Crippen LogP contribution in [0.25, 0.3) is 0 Å². The molecule has 2 aliphatic rings. The highest BCUT2D eigenvalue weighted by molar-refractivity contribution is 5.92. The number of ether oxygens (including phenoxy) is 3. The van der Waals surface area contributed by atoms with E-state index >= 15 is 0 Å². The highest BCUT2D eigenvalue weighted by atomic mass is 16.6. The van der Waals surface area contributed by atoms with Crippen molar-refractivity contribution in [2.75, 3.05) is 0 Å². The third-order valence-corrected chi connectivity index (χ3v) is 5.09. The SMILES string of the molecule is C=C1C(=O)OC2C=C(C)C(OC(C)=O)/C=C\C(C)(O)CC(OC(=O)/C(C)=C/C)C12. The van der Waals surface area contributed by atoms with Gasteiger partial charge in [-0.05, 0) is 45.4 Å². The largest absolute Gasteiger partial charge is 0.458 e. The van der Waals surface area contributed by atoms with E-state index < -0.39 is 47.7 Å². The minimum Gasteiger partial charge on any atom is -0.458 e. The third kappa shape index (κ3) is 5.44. The van der Waals surface area contributed by atoms with Gasteiger partial charge in [0.15, 0.2) is 0 Å². The fourth-order valence-electron chi connectivity index (χ4n) is 3.36. The Balaban J connectivity index is 2.51. The van der Waals surface area contributed by atoms with Crippen LogP contribution in [0.15, 0.2) is 47.6 Å². The topological polar surface area (TPSA) is 99.1 Å². The third-order valence-electron chi connectivity index (χ3n) is 5.09. The smallest absolute Gasteiger partial charge is 0.334 e. The number of hydrogen-bond acceptors (Lipinski definition) is 7. The Morgan fingerprint density at radius 2 is 2.00 bits per heavy atom. The van der Waals surface area contributed by atoms with E-state index in [9.17, 15) is 19.5 Å². The standard InChI is InChI=1S/C22H28O7/c1-7-12(2)20(24)29-18-11-22(6,26)9-8-16(27-15(5)23)13(3)10-17-19(18)14(4)21(25)28-17/h7-10,16-19,26H,4,11H2,1-3,5-6H3/b9-8-,12-7+,13-10?. The zero-order valence-electron chi connectivity index (χ0n) is 17.4. The average molecular weight is 404 g/mol. The summed E-state index contributed by atoms with van der Waals surface area (Å²) in [5, 5.41) is 10.9. The van der Waals surface area contributed by atoms with Gasteiger partial charge in [-0.1, -0.05) is 18.7 Å². The molecule has 5 unspecified atom stereocenters. The number of hydrogen-bond donors (Lipinski definition) is 1. The van der Waals surface area contributed by atoms with Gasteiger partial charge < -0.3 is 19.3 Å². The molecule has 0 aromatic rings. The van der Waals surface area contributed by atoms with Gasteiger partial charge in [0.2, 0.25) is 0 Å². The molecule has 7 nitrogen and oxygen atoms in total. The van der Waals surface area contributed by atoms with Crippen LogP contribution in [0, 0.1) is 5.92 Å². The molecule has 0 aromatic carbocycles. The quantitative estimate of drug-likeness (QED) is 0.334. The van der Waals surface area contributed by atoms with Crippen molar-refractivity contribution in [3.8, 4) is 0 Å². The summed E-state index contributed by atoms with van der Waals surface area (Å²) in [6, 6.07) is 0. The monoisotopic (exact) mass is 404 g/mol. The highest BCUT2D eigenvalue weighted by Crippen LogP contribution is 2.37. The molecule has 7 heteroatoms. The van der Waals surface area contributed by atoms with E-state index in [1.165, 1.54) is 13.0 Å². The van der Waals surface area contributed by atoms with Crippen molar-refractivity contribution in [1.29, 1.82) is 0 Å². The first-order valence-corrected chi connectivity index (χ1v) is 9.46. The number of allylic oxidation sites excluding steroid dienone is 1. The second kappa shape index (κ2) is 8.78. The molecule has 1 aliphatic carbocycles. The molecule has 0 aromatic heterocycles. The molecule has 158 valence electrons. The zero-order chi connectivity index (χ0) is 21.9. The fourth-order valence-corrected chi connectivity index (χ4v) is 3.36. The summed E-state index contributed by atoms with van der Waals surface area (Å²) in [7, 11) is 0. The molecule has 0 radical (unpaired) electrons. The van der Waals surface area contributed by atoms with Crippen LogP contribution in [0.2, 0.25) is 0 Å². The van der Waals surface area contributed by atoms with Crippen molar-refractivity contribution in [3.05, 3.63) is 47.6 Å². The summed E-state index contributed by atoms with van der Waals surface area (Å²) >= 11 is 0. The lowest BCUT2D eigenvalue weighted by molar-refractivity contribution is -0.150. The molecule has 5 atom stereocenters. The number of aliphatic hydroxyl groups is 1. The van der Waals surface area contributed by atoms with Gasteiger partial charge in [0.05, 0.1) is 11.5 Å². The van der Waals surface area contributed by atoms with E-state index in [1.807, 2.05) is 0 Å². The highest BCUT2D eigenvalue weighted by Gasteiger charge is 2.46. The molecule has 1 saturated heterocycles. The predicted octanol–water partition coefficient (Wildman–Crippen LogP) is 2.55. The molecule has 1 fully saturated rings. The summed E-state index contributed by atoms with van der Waals surface area (Å²) in [4.78, 5) is 36.1. The summed E-state index contributed by atoms with van der Waals surface area (Å²) in [5.74, 6) is -2.30. The number of esters is 3. The lowest BCUT2D eigenvalue weighted by atomic mass is 9.82. The van der Waals surface area contributed by atoms with Crippen molar-refractivity contribution in [2.24, 2.45) is 5.92 Å². The maximum Gasteiger partial charge on any atom is 0.334 e. The molecule has 29 heavy (non-hydrogen) atoms. The number of rotatable bonds is 3. The zero-order valence-corrected chi connectivity index (χ0v) is 17.4. The van der Waals surface area contributed by atoms with Crippen LogP contribution in [0.3, 0.4) is 0 Å². The van der Waals surface area contributed by atoms with Crippen LogP contribution in [0.5, 0.6) is 0 Å². The van der Waals surface area contributed by atoms with Crippen LogP contribution >= 0.6 is 0 Å². The Morgan fingerprint density at radius 3 is 2.59 bits per heavy atom. The Kier molecular flexibility index (Phi) is 6.85. The average Bonchev–Trinajstić information content (AvgIpc) is 2.89. The molecule has 0 amide bonds. The first kappa shape index (κ1) is 22.6. The maximum absolute atomic E-state index is 12.4. The number of carbonyl (C=O) groups is 3. The van der Waals surface area contributed by atoms with Gasteiger partial charge in [0, 0.05) is 24.5 Å². The first-order valence-electron chi connectivity index (χ1n) is 9.46. The van der Waals surface area contributed by atoms with E-state index in [1.54, 1.807) is 45.9 Å². The molecule has 0 saturated carbocycles. The number of fused-ring (bicyclic) bond motifs is 1. The van der Waals surface area contributed by atoms with E-state index in [2.05, 4.69) is 6.58 Å². The van der Waals surface area contributed by atoms with Crippen molar-refractivity contribution >= 4 is 17.9 Å². The van der Waals surface area contributed by atoms with Gasteiger partial charge in [-0.15, -0.1) is 0 Å². The van der Waals surface area contributed by atoms with Crippen LogP contribution in [0.1, 0.15) is 41.0 Å². The van der Waals surface area contributed by atoms with Gasteiger partial charge in [0.1, 0.15) is 18.3 Å². The van der Waals surface area contributed by atoms with Crippen molar-refractivity contribution in [2.45, 2.75) is 65.0 Å². The second-order valence-corrected chi connectivity index (χ2v) is 7.70. The predicted molar refractivity (Wildman–Crippen MR) is 106 cm³/mol. The molecule has 0 spiro atoms. The van der Waals surface area contributed by atoms with E-state index in [0.717, 1.165) is 0 Å².